The Labute approximate surface area is 471 Å². The molecule has 0 spiro atoms. The number of carbonyl (C=O) groups is 2. The molecular formula is C19H42I5N2O4S14V2W4-2. The van der Waals surface area contributed by atoms with Gasteiger partial charge in [0.05, 0.1) is 17.9 Å². The van der Waals surface area contributed by atoms with Crippen LogP contribution in [-0.2, 0) is 242 Å². The Morgan fingerprint density at radius 1 is 0.680 bits per heavy atom. The molecule has 0 aliphatic carbocycles. The van der Waals surface area contributed by atoms with Gasteiger partial charge in [-0.15, -0.1) is 0 Å². The van der Waals surface area contributed by atoms with Gasteiger partial charge in [-0.25, -0.2) is 0 Å². The fourth-order valence-corrected chi connectivity index (χ4v) is 30.4. The fourth-order valence-electron chi connectivity index (χ4n) is 2.91. The SMILES string of the molecule is CC.CC.CN1CC(C)(C(=O)O)C1.COC(=O)C1(C)CN(C)C1.S=S=S=S=S=S=S=S=S=S=S=S=S=S.[CH3-].[CH3-].[I][V]([I])[I].[I][V][I].[W].[W].[W].[W]. The van der Waals surface area contributed by atoms with E-state index in [1.165, 1.54) is 24.9 Å². The number of methoxy groups -OCH3 is 1. The number of carbonyl (C=O) groups excluding carboxylic acids is 1. The van der Waals surface area contributed by atoms with Crippen LogP contribution in [0.3, 0.4) is 0 Å². The first kappa shape index (κ1) is 86.6. The van der Waals surface area contributed by atoms with Gasteiger partial charge in [-0.05, 0) is 27.9 Å². The van der Waals surface area contributed by atoms with Gasteiger partial charge in [0.15, 0.2) is 0 Å². The molecular weight excluding hydrogens is 2240 g/mol. The van der Waals surface area contributed by atoms with Crippen LogP contribution in [0.4, 0.5) is 0 Å². The number of rotatable bonds is 2. The summed E-state index contributed by atoms with van der Waals surface area (Å²) in [5, 5.41) is 8.58. The summed E-state index contributed by atoms with van der Waals surface area (Å²) in [5.41, 5.74) is -0.696. The maximum absolute atomic E-state index is 11.0. The molecule has 0 atom stereocenters. The summed E-state index contributed by atoms with van der Waals surface area (Å²) in [4.78, 5) is 25.2. The molecule has 2 heterocycles. The second-order valence-corrected chi connectivity index (χ2v) is 75.7. The summed E-state index contributed by atoms with van der Waals surface area (Å²) in [6.07, 6.45) is 0. The van der Waals surface area contributed by atoms with Gasteiger partial charge in [0.25, 0.3) is 0 Å². The number of carboxylic acid groups (broad SMARTS) is 1. The third-order valence-electron chi connectivity index (χ3n) is 3.98. The van der Waals surface area contributed by atoms with Crippen molar-refractivity contribution in [3.05, 3.63) is 14.9 Å². The summed E-state index contributed by atoms with van der Waals surface area (Å²) in [5.74, 6) is -0.772. The third kappa shape index (κ3) is 61.8. The molecule has 2 aliphatic heterocycles. The number of carboxylic acids is 1. The number of nitrogens with zero attached hydrogens (tertiary/aromatic N) is 2. The molecule has 1 N–H and O–H groups in total. The first-order chi connectivity index (χ1) is 20.7. The molecule has 2 saturated heterocycles. The minimum Gasteiger partial charge on any atom is 0 e. The molecule has 2 rings (SSSR count). The predicted molar refractivity (Wildman–Crippen MR) is 280 cm³/mol. The summed E-state index contributed by atoms with van der Waals surface area (Å²) in [6, 6.07) is 0. The van der Waals surface area contributed by atoms with Crippen molar-refractivity contribution in [3.63, 3.8) is 0 Å². The Balaban J connectivity index is -0.0000000425. The molecule has 0 aromatic heterocycles. The number of hydrogen-bond donors (Lipinski definition) is 1. The van der Waals surface area contributed by atoms with Crippen LogP contribution in [0.1, 0.15) is 41.5 Å². The first-order valence-electron chi connectivity index (χ1n) is 11.3. The zero-order valence-electron chi connectivity index (χ0n) is 28.5. The maximum Gasteiger partial charge on any atom is 0 e. The van der Waals surface area contributed by atoms with Crippen LogP contribution in [0.15, 0.2) is 0 Å². The largest absolute Gasteiger partial charge is 0 e. The van der Waals surface area contributed by atoms with E-state index in [1.807, 2.05) is 53.6 Å². The molecule has 31 heteroatoms. The molecule has 0 aromatic rings. The van der Waals surface area contributed by atoms with E-state index in [-0.39, 0.29) is 115 Å². The molecule has 0 bridgehead atoms. The summed E-state index contributed by atoms with van der Waals surface area (Å²) < 4.78 is 4.64. The van der Waals surface area contributed by atoms with Crippen molar-refractivity contribution in [2.24, 2.45) is 10.8 Å². The number of esters is 1. The van der Waals surface area contributed by atoms with Crippen LogP contribution >= 0.6 is 99.9 Å². The van der Waals surface area contributed by atoms with Gasteiger partial charge >= 0.3 is 126 Å². The Hall–Kier alpha value is 9.51. The fraction of sp³-hybridized carbons (Fsp3) is 0.789. The van der Waals surface area contributed by atoms with Crippen LogP contribution in [0.25, 0.3) is 0 Å². The average Bonchev–Trinajstić information content (AvgIpc) is 2.95. The molecule has 50 heavy (non-hydrogen) atoms. The van der Waals surface area contributed by atoms with Crippen LogP contribution in [0, 0.1) is 25.7 Å². The monoisotopic (exact) mass is 2280 g/mol. The maximum atomic E-state index is 11.0. The number of aliphatic carboxylic acids is 1. The second kappa shape index (κ2) is 65.1. The standard InChI is InChI=1S/C7H13NO2.C6H11NO2.2C2H6.2CH3.5HI.S14.2V.4W/c1-7(6(9)10-3)4-8(2)5-7;1-6(5(8)9)3-7(2)4-6;2*1-2;;;;;;;;1-3-5-7-9-11-13-14-12-10-8-6-4-2;;;;;;/h4-5H2,1-3H3;3-4H2,1-2H3,(H,8,9);2*1-2H3;2*1H3;5*1H;;;;;;;/q;;;;2*-1;;;;;;;+2;+3;;;;/p-5. The van der Waals surface area contributed by atoms with Crippen molar-refractivity contribution in [2.45, 2.75) is 41.5 Å². The van der Waals surface area contributed by atoms with E-state index in [0.717, 1.165) is 13.1 Å². The molecule has 0 aromatic carbocycles. The van der Waals surface area contributed by atoms with Gasteiger partial charge in [-0.1, -0.05) is 27.7 Å². The van der Waals surface area contributed by atoms with Crippen LogP contribution < -0.4 is 0 Å². The minimum absolute atomic E-state index is 0. The average molecular weight is 2280 g/mol. The Morgan fingerprint density at radius 2 is 0.880 bits per heavy atom. The van der Waals surface area contributed by atoms with Crippen molar-refractivity contribution in [1.29, 1.82) is 0 Å². The molecule has 0 amide bonds. The first-order valence-corrected chi connectivity index (χ1v) is 51.2. The molecule has 307 valence electrons. The molecule has 6 nitrogen and oxygen atoms in total. The van der Waals surface area contributed by atoms with Gasteiger partial charge in [0.2, 0.25) is 0 Å². The van der Waals surface area contributed by atoms with E-state index in [2.05, 4.69) is 110 Å². The van der Waals surface area contributed by atoms with E-state index >= 15 is 0 Å². The van der Waals surface area contributed by atoms with Gasteiger partial charge in [0.1, 0.15) is 0 Å². The minimum atomic E-state index is -0.680. The van der Waals surface area contributed by atoms with Crippen molar-refractivity contribution in [3.8, 4) is 0 Å². The number of halogens is 5. The van der Waals surface area contributed by atoms with Gasteiger partial charge in [0, 0.05) is 239 Å². The van der Waals surface area contributed by atoms with Crippen LogP contribution in [-0.4, -0.2) is 74.2 Å². The van der Waals surface area contributed by atoms with Crippen molar-refractivity contribution in [1.82, 2.24) is 9.80 Å². The Bertz CT molecular complexity index is 1260. The third-order valence-corrected chi connectivity index (χ3v) is 28.4. The molecule has 0 saturated carbocycles. The van der Waals surface area contributed by atoms with Crippen molar-refractivity contribution >= 4 is 241 Å². The number of likely N-dealkylation sites (tertiary alicyclic amines) is 2. The van der Waals surface area contributed by atoms with Gasteiger partial charge < -0.3 is 34.5 Å². The van der Waals surface area contributed by atoms with Crippen molar-refractivity contribution < 1.29 is 118 Å². The van der Waals surface area contributed by atoms with E-state index < -0.39 is 11.4 Å². The Kier molecular flexibility index (Phi) is 113. The second-order valence-electron chi connectivity index (χ2n) is 7.33. The van der Waals surface area contributed by atoms with E-state index in [1.54, 1.807) is 95.7 Å². The number of hydrogen-bond acceptors (Lipinski definition) is 7. The summed E-state index contributed by atoms with van der Waals surface area (Å²) in [6.45, 7) is 14.7. The molecule has 2 fully saturated rings. The molecule has 0 unspecified atom stereocenters. The quantitative estimate of drug-likeness (QED) is 0.174. The van der Waals surface area contributed by atoms with E-state index in [9.17, 15) is 9.59 Å². The number of ether oxygens (including phenoxy) is 1. The van der Waals surface area contributed by atoms with E-state index in [0.29, 0.717) is 22.6 Å². The van der Waals surface area contributed by atoms with Crippen molar-refractivity contribution in [2.75, 3.05) is 47.4 Å². The summed E-state index contributed by atoms with van der Waals surface area (Å²) >= 11 is 21.6. The molecule has 2 aliphatic rings. The summed E-state index contributed by atoms with van der Waals surface area (Å²) in [7, 11) is 25.9. The normalized spacial score (nSPS) is 12.5. The zero-order valence-corrected chi connectivity index (χ0v) is 65.3. The molecule has 0 radical (unpaired) electrons. The predicted octanol–water partition coefficient (Wildman–Crippen LogP) is 7.47. The zero-order chi connectivity index (χ0) is 35.6. The van der Waals surface area contributed by atoms with Crippen LogP contribution in [0.2, 0.25) is 0 Å². The van der Waals surface area contributed by atoms with Gasteiger partial charge in [-0.2, -0.15) is 0 Å². The van der Waals surface area contributed by atoms with E-state index in [4.69, 9.17) is 27.5 Å². The topological polar surface area (TPSA) is 70.1 Å². The van der Waals surface area contributed by atoms with Gasteiger partial charge in [-0.3, -0.25) is 9.59 Å². The Morgan fingerprint density at radius 3 is 1.02 bits per heavy atom. The van der Waals surface area contributed by atoms with Crippen LogP contribution in [0.5, 0.6) is 0 Å². The smallest absolute Gasteiger partial charge is 0 e.